The molecule has 2 aromatic heterocycles. The lowest BCUT2D eigenvalue weighted by Gasteiger charge is -2.26. The topological polar surface area (TPSA) is 78.6 Å². The van der Waals surface area contributed by atoms with Crippen molar-refractivity contribution in [3.05, 3.63) is 107 Å². The molecule has 0 saturated carbocycles. The summed E-state index contributed by atoms with van der Waals surface area (Å²) in [6.45, 7) is 0. The Labute approximate surface area is 204 Å². The van der Waals surface area contributed by atoms with E-state index in [9.17, 15) is 9.90 Å². The van der Waals surface area contributed by atoms with E-state index in [1.54, 1.807) is 36.5 Å². The molecule has 0 amide bonds. The van der Waals surface area contributed by atoms with Gasteiger partial charge in [0, 0.05) is 21.9 Å². The van der Waals surface area contributed by atoms with Gasteiger partial charge in [0.2, 0.25) is 0 Å². The maximum Gasteiger partial charge on any atom is 0.336 e. The predicted octanol–water partition coefficient (Wildman–Crippen LogP) is 5.98. The fourth-order valence-electron chi connectivity index (χ4n) is 4.06. The maximum atomic E-state index is 11.7. The first-order chi connectivity index (χ1) is 16.0. The van der Waals surface area contributed by atoms with Crippen LogP contribution < -0.4 is 10.2 Å². The summed E-state index contributed by atoms with van der Waals surface area (Å²) in [6, 6.07) is 23.5. The summed E-state index contributed by atoms with van der Waals surface area (Å²) in [7, 11) is 0. The number of thiocarbonyl (C=S) groups is 1. The number of rotatable bonds is 5. The number of pyridine rings is 1. The number of benzene rings is 2. The largest absolute Gasteiger partial charge is 0.478 e. The first-order valence-electron chi connectivity index (χ1n) is 10.2. The van der Waals surface area contributed by atoms with Crippen molar-refractivity contribution in [3.8, 4) is 11.3 Å². The highest BCUT2D eigenvalue weighted by Gasteiger charge is 2.42. The van der Waals surface area contributed by atoms with E-state index in [1.807, 2.05) is 53.4 Å². The van der Waals surface area contributed by atoms with E-state index in [-0.39, 0.29) is 17.6 Å². The molecule has 8 heteroatoms. The monoisotopic (exact) mass is 519 g/mol. The van der Waals surface area contributed by atoms with Crippen LogP contribution >= 0.6 is 28.1 Å². The molecule has 6 nitrogen and oxygen atoms in total. The molecule has 3 heterocycles. The van der Waals surface area contributed by atoms with Crippen LogP contribution in [0, 0.1) is 0 Å². The Morgan fingerprint density at radius 3 is 2.52 bits per heavy atom. The van der Waals surface area contributed by atoms with Crippen molar-refractivity contribution in [2.75, 3.05) is 4.90 Å². The molecule has 4 aromatic rings. The van der Waals surface area contributed by atoms with E-state index in [0.717, 1.165) is 15.9 Å². The summed E-state index contributed by atoms with van der Waals surface area (Å²) >= 11 is 9.20. The number of nitrogens with one attached hydrogen (secondary N) is 1. The first kappa shape index (κ1) is 21.4. The second-order valence-electron chi connectivity index (χ2n) is 7.53. The molecule has 0 unspecified atom stereocenters. The van der Waals surface area contributed by atoms with Gasteiger partial charge in [-0.05, 0) is 66.8 Å². The second kappa shape index (κ2) is 8.80. The number of furan rings is 1. The molecule has 2 aromatic carbocycles. The zero-order valence-electron chi connectivity index (χ0n) is 17.2. The Kier molecular flexibility index (Phi) is 5.70. The number of carboxylic acids is 1. The van der Waals surface area contributed by atoms with Crippen molar-refractivity contribution >= 4 is 44.9 Å². The van der Waals surface area contributed by atoms with Crippen LogP contribution in [0.1, 0.15) is 33.9 Å². The number of hydrogen-bond donors (Lipinski definition) is 2. The fraction of sp³-hybridized carbons (Fsp3) is 0.0800. The lowest BCUT2D eigenvalue weighted by atomic mass is 10.0. The summed E-state index contributed by atoms with van der Waals surface area (Å²) in [4.78, 5) is 18.3. The molecule has 1 fully saturated rings. The minimum absolute atomic E-state index is 0.185. The van der Waals surface area contributed by atoms with Crippen molar-refractivity contribution in [2.24, 2.45) is 0 Å². The van der Waals surface area contributed by atoms with Crippen molar-refractivity contribution in [1.82, 2.24) is 10.3 Å². The SMILES string of the molecule is O=C(O)c1ccccc1-c1ccc([C@H]2[C@H](c3ccccn3)NC(=S)N2c2ccc(Br)cc2)o1. The molecule has 33 heavy (non-hydrogen) atoms. The van der Waals surface area contributed by atoms with Gasteiger partial charge in [-0.2, -0.15) is 0 Å². The highest BCUT2D eigenvalue weighted by atomic mass is 79.9. The van der Waals surface area contributed by atoms with Crippen LogP contribution in [0.5, 0.6) is 0 Å². The third-order valence-electron chi connectivity index (χ3n) is 5.54. The molecule has 0 aliphatic carbocycles. The second-order valence-corrected chi connectivity index (χ2v) is 8.83. The first-order valence-corrected chi connectivity index (χ1v) is 11.4. The quantitative estimate of drug-likeness (QED) is 0.314. The minimum atomic E-state index is -1.00. The molecule has 1 aliphatic heterocycles. The summed E-state index contributed by atoms with van der Waals surface area (Å²) in [5.41, 5.74) is 2.44. The van der Waals surface area contributed by atoms with Gasteiger partial charge < -0.3 is 19.7 Å². The van der Waals surface area contributed by atoms with Gasteiger partial charge in [0.25, 0.3) is 0 Å². The minimum Gasteiger partial charge on any atom is -0.478 e. The van der Waals surface area contributed by atoms with Crippen LogP contribution in [0.2, 0.25) is 0 Å². The number of nitrogens with zero attached hydrogens (tertiary/aromatic N) is 2. The van der Waals surface area contributed by atoms with Gasteiger partial charge >= 0.3 is 5.97 Å². The van der Waals surface area contributed by atoms with E-state index in [0.29, 0.717) is 22.2 Å². The Bertz CT molecular complexity index is 1320. The lowest BCUT2D eigenvalue weighted by Crippen LogP contribution is -2.29. The molecular formula is C25H18BrN3O3S. The summed E-state index contributed by atoms with van der Waals surface area (Å²) in [6.07, 6.45) is 1.75. The highest BCUT2D eigenvalue weighted by Crippen LogP contribution is 2.43. The molecule has 0 bridgehead atoms. The fourth-order valence-corrected chi connectivity index (χ4v) is 4.67. The molecular weight excluding hydrogens is 502 g/mol. The highest BCUT2D eigenvalue weighted by molar-refractivity contribution is 9.10. The van der Waals surface area contributed by atoms with Gasteiger partial charge in [-0.15, -0.1) is 0 Å². The van der Waals surface area contributed by atoms with Crippen molar-refractivity contribution in [3.63, 3.8) is 0 Å². The molecule has 0 spiro atoms. The van der Waals surface area contributed by atoms with Gasteiger partial charge in [0.05, 0.1) is 17.3 Å². The zero-order valence-corrected chi connectivity index (χ0v) is 19.6. The third-order valence-corrected chi connectivity index (χ3v) is 6.39. The molecule has 1 saturated heterocycles. The zero-order chi connectivity index (χ0) is 22.9. The van der Waals surface area contributed by atoms with Crippen molar-refractivity contribution < 1.29 is 14.3 Å². The maximum absolute atomic E-state index is 11.7. The van der Waals surface area contributed by atoms with Crippen molar-refractivity contribution in [1.29, 1.82) is 0 Å². The molecule has 164 valence electrons. The average molecular weight is 520 g/mol. The Balaban J connectivity index is 1.61. The van der Waals surface area contributed by atoms with Gasteiger partial charge in [-0.3, -0.25) is 4.98 Å². The van der Waals surface area contributed by atoms with E-state index in [2.05, 4.69) is 26.2 Å². The smallest absolute Gasteiger partial charge is 0.336 e. The molecule has 1 aliphatic rings. The molecule has 2 N–H and O–H groups in total. The number of aromatic carboxylic acids is 1. The van der Waals surface area contributed by atoms with E-state index < -0.39 is 5.97 Å². The molecule has 5 rings (SSSR count). The van der Waals surface area contributed by atoms with E-state index >= 15 is 0 Å². The Morgan fingerprint density at radius 2 is 1.79 bits per heavy atom. The van der Waals surface area contributed by atoms with Gasteiger partial charge in [0.1, 0.15) is 17.6 Å². The van der Waals surface area contributed by atoms with Crippen LogP contribution in [-0.2, 0) is 0 Å². The predicted molar refractivity (Wildman–Crippen MR) is 133 cm³/mol. The number of anilines is 1. The Morgan fingerprint density at radius 1 is 1.03 bits per heavy atom. The third kappa shape index (κ3) is 4.03. The lowest BCUT2D eigenvalue weighted by molar-refractivity contribution is 0.0697. The standard InChI is InChI=1S/C25H18BrN3O3S/c26-15-8-10-16(11-9-15)29-23(22(28-25(29)33)19-7-3-4-14-27-19)21-13-12-20(32-21)17-5-1-2-6-18(17)24(30)31/h1-14,22-23H,(H,28,33)(H,30,31)/t22-,23-/m0/s1. The van der Waals surface area contributed by atoms with Crippen LogP contribution in [0.3, 0.4) is 0 Å². The van der Waals surface area contributed by atoms with Crippen LogP contribution in [0.4, 0.5) is 5.69 Å². The van der Waals surface area contributed by atoms with Gasteiger partial charge in [-0.25, -0.2) is 4.79 Å². The number of carboxylic acid groups (broad SMARTS) is 1. The van der Waals surface area contributed by atoms with Crippen LogP contribution in [-0.4, -0.2) is 21.2 Å². The number of hydrogen-bond acceptors (Lipinski definition) is 4. The van der Waals surface area contributed by atoms with E-state index in [4.69, 9.17) is 16.6 Å². The van der Waals surface area contributed by atoms with Crippen molar-refractivity contribution in [2.45, 2.75) is 12.1 Å². The van der Waals surface area contributed by atoms with E-state index in [1.165, 1.54) is 0 Å². The summed E-state index contributed by atoms with van der Waals surface area (Å²) in [5.74, 6) is 0.127. The number of aromatic nitrogens is 1. The van der Waals surface area contributed by atoms with Crippen LogP contribution in [0.25, 0.3) is 11.3 Å². The normalized spacial score (nSPS) is 17.7. The number of halogens is 1. The Hall–Kier alpha value is -3.49. The summed E-state index contributed by atoms with van der Waals surface area (Å²) < 4.78 is 7.24. The molecule has 2 atom stereocenters. The summed E-state index contributed by atoms with van der Waals surface area (Å²) in [5, 5.41) is 13.5. The van der Waals surface area contributed by atoms with Gasteiger partial charge in [0.15, 0.2) is 5.11 Å². The van der Waals surface area contributed by atoms with Gasteiger partial charge in [-0.1, -0.05) is 40.2 Å². The average Bonchev–Trinajstić information content (AvgIpc) is 3.45. The number of carbonyl (C=O) groups is 1. The molecule has 0 radical (unpaired) electrons. The van der Waals surface area contributed by atoms with Crippen LogP contribution in [0.15, 0.2) is 93.9 Å².